The van der Waals surface area contributed by atoms with E-state index in [2.05, 4.69) is 10.3 Å². The Bertz CT molecular complexity index is 964. The number of carbonyl (C=O) groups is 1. The maximum Gasteiger partial charge on any atom is 0.416 e. The summed E-state index contributed by atoms with van der Waals surface area (Å²) in [6, 6.07) is 5.38. The van der Waals surface area contributed by atoms with Crippen molar-refractivity contribution in [2.75, 3.05) is 23.3 Å². The quantitative estimate of drug-likeness (QED) is 0.497. The van der Waals surface area contributed by atoms with Crippen molar-refractivity contribution >= 4 is 40.0 Å². The summed E-state index contributed by atoms with van der Waals surface area (Å²) in [7, 11) is 0. The number of nitrogens with zero attached hydrogens (tertiary/aromatic N) is 2. The molecule has 3 aromatic rings. The first-order chi connectivity index (χ1) is 13.8. The standard InChI is InChI=1S/C20H20F3N3OS2/c1-3-26(4-2)17-6-5-14(20(21,22)23)9-16(17)25-18(27)10-15-12-29-19(24-15)13-7-8-28-11-13/h5-9,11-12H,3-4,10H2,1-2H3,(H,25,27). The van der Waals surface area contributed by atoms with E-state index >= 15 is 0 Å². The zero-order valence-corrected chi connectivity index (χ0v) is 17.5. The van der Waals surface area contributed by atoms with E-state index < -0.39 is 17.6 Å². The summed E-state index contributed by atoms with van der Waals surface area (Å²) in [5.41, 5.74) is 1.51. The Labute approximate surface area is 175 Å². The van der Waals surface area contributed by atoms with Gasteiger partial charge in [-0.2, -0.15) is 24.5 Å². The van der Waals surface area contributed by atoms with Crippen LogP contribution in [0.5, 0.6) is 0 Å². The fraction of sp³-hybridized carbons (Fsp3) is 0.300. The van der Waals surface area contributed by atoms with Crippen LogP contribution in [0.4, 0.5) is 24.5 Å². The number of hydrogen-bond acceptors (Lipinski definition) is 5. The molecule has 0 atom stereocenters. The van der Waals surface area contributed by atoms with E-state index in [1.54, 1.807) is 16.7 Å². The van der Waals surface area contributed by atoms with Crippen molar-refractivity contribution in [1.29, 1.82) is 0 Å². The number of benzene rings is 1. The molecule has 0 saturated heterocycles. The van der Waals surface area contributed by atoms with Crippen molar-refractivity contribution in [2.24, 2.45) is 0 Å². The molecule has 2 aromatic heterocycles. The minimum Gasteiger partial charge on any atom is -0.370 e. The van der Waals surface area contributed by atoms with Crippen molar-refractivity contribution in [3.05, 3.63) is 51.7 Å². The largest absolute Gasteiger partial charge is 0.416 e. The second kappa shape index (κ2) is 8.96. The molecular weight excluding hydrogens is 419 g/mol. The van der Waals surface area contributed by atoms with Gasteiger partial charge >= 0.3 is 6.18 Å². The van der Waals surface area contributed by atoms with Crippen molar-refractivity contribution < 1.29 is 18.0 Å². The number of amides is 1. The summed E-state index contributed by atoms with van der Waals surface area (Å²) in [6.07, 6.45) is -4.49. The number of carbonyl (C=O) groups excluding carboxylic acids is 1. The van der Waals surface area contributed by atoms with Gasteiger partial charge in [0.15, 0.2) is 0 Å². The minimum atomic E-state index is -4.48. The number of nitrogens with one attached hydrogen (secondary N) is 1. The molecule has 29 heavy (non-hydrogen) atoms. The monoisotopic (exact) mass is 439 g/mol. The van der Waals surface area contributed by atoms with Crippen LogP contribution in [0.1, 0.15) is 25.1 Å². The van der Waals surface area contributed by atoms with Gasteiger partial charge in [-0.3, -0.25) is 4.79 Å². The molecule has 0 bridgehead atoms. The molecule has 0 fully saturated rings. The van der Waals surface area contributed by atoms with Crippen LogP contribution in [-0.2, 0) is 17.4 Å². The molecular formula is C20H20F3N3OS2. The Hall–Kier alpha value is -2.39. The lowest BCUT2D eigenvalue weighted by atomic mass is 10.1. The van der Waals surface area contributed by atoms with Gasteiger partial charge in [0, 0.05) is 29.4 Å². The highest BCUT2D eigenvalue weighted by molar-refractivity contribution is 7.14. The number of rotatable bonds is 7. The van der Waals surface area contributed by atoms with Crippen LogP contribution in [0.2, 0.25) is 0 Å². The predicted octanol–water partition coefficient (Wildman–Crippen LogP) is 5.92. The molecule has 4 nitrogen and oxygen atoms in total. The number of halogens is 3. The number of anilines is 2. The lowest BCUT2D eigenvalue weighted by Crippen LogP contribution is -2.25. The van der Waals surface area contributed by atoms with E-state index in [1.165, 1.54) is 17.4 Å². The van der Waals surface area contributed by atoms with Gasteiger partial charge in [0.25, 0.3) is 0 Å². The Kier molecular flexibility index (Phi) is 6.59. The summed E-state index contributed by atoms with van der Waals surface area (Å²) in [5.74, 6) is -0.403. The molecule has 0 aliphatic heterocycles. The smallest absolute Gasteiger partial charge is 0.370 e. The van der Waals surface area contributed by atoms with Gasteiger partial charge in [-0.1, -0.05) is 0 Å². The molecule has 0 radical (unpaired) electrons. The van der Waals surface area contributed by atoms with E-state index in [0.717, 1.165) is 22.7 Å². The van der Waals surface area contributed by atoms with Gasteiger partial charge in [-0.15, -0.1) is 11.3 Å². The third-order valence-electron chi connectivity index (χ3n) is 4.36. The zero-order valence-electron chi connectivity index (χ0n) is 15.9. The van der Waals surface area contributed by atoms with Gasteiger partial charge in [0.1, 0.15) is 5.01 Å². The average molecular weight is 440 g/mol. The third kappa shape index (κ3) is 5.16. The zero-order chi connectivity index (χ0) is 21.0. The van der Waals surface area contributed by atoms with Crippen molar-refractivity contribution in [3.8, 4) is 10.6 Å². The Morgan fingerprint density at radius 2 is 1.93 bits per heavy atom. The van der Waals surface area contributed by atoms with Crippen LogP contribution in [0.25, 0.3) is 10.6 Å². The first-order valence-corrected chi connectivity index (χ1v) is 10.9. The highest BCUT2D eigenvalue weighted by atomic mass is 32.1. The first kappa shape index (κ1) is 21.3. The third-order valence-corrected chi connectivity index (χ3v) is 5.99. The van der Waals surface area contributed by atoms with E-state index in [4.69, 9.17) is 0 Å². The summed E-state index contributed by atoms with van der Waals surface area (Å²) < 4.78 is 39.5. The van der Waals surface area contributed by atoms with Crippen LogP contribution in [0.3, 0.4) is 0 Å². The van der Waals surface area contributed by atoms with Crippen molar-refractivity contribution in [2.45, 2.75) is 26.4 Å². The van der Waals surface area contributed by atoms with Crippen LogP contribution in [0, 0.1) is 0 Å². The molecule has 0 aliphatic rings. The lowest BCUT2D eigenvalue weighted by Gasteiger charge is -2.25. The maximum atomic E-state index is 13.2. The molecule has 154 valence electrons. The van der Waals surface area contributed by atoms with E-state index in [1.807, 2.05) is 35.6 Å². The highest BCUT2D eigenvalue weighted by Crippen LogP contribution is 2.35. The summed E-state index contributed by atoms with van der Waals surface area (Å²) in [6.45, 7) is 5.05. The van der Waals surface area contributed by atoms with Crippen molar-refractivity contribution in [1.82, 2.24) is 4.98 Å². The van der Waals surface area contributed by atoms with Gasteiger partial charge in [0.2, 0.25) is 5.91 Å². The second-order valence-electron chi connectivity index (χ2n) is 6.28. The molecule has 1 N–H and O–H groups in total. The van der Waals surface area contributed by atoms with Crippen molar-refractivity contribution in [3.63, 3.8) is 0 Å². The van der Waals surface area contributed by atoms with Crippen LogP contribution < -0.4 is 10.2 Å². The van der Waals surface area contributed by atoms with E-state index in [9.17, 15) is 18.0 Å². The first-order valence-electron chi connectivity index (χ1n) is 9.04. The summed E-state index contributed by atoms with van der Waals surface area (Å²) in [5, 5.41) is 9.19. The summed E-state index contributed by atoms with van der Waals surface area (Å²) in [4.78, 5) is 18.9. The lowest BCUT2D eigenvalue weighted by molar-refractivity contribution is -0.137. The maximum absolute atomic E-state index is 13.2. The Morgan fingerprint density at radius 1 is 1.17 bits per heavy atom. The number of thiazole rings is 1. The number of thiophene rings is 1. The van der Waals surface area contributed by atoms with Gasteiger partial charge in [-0.25, -0.2) is 4.98 Å². The topological polar surface area (TPSA) is 45.2 Å². The second-order valence-corrected chi connectivity index (χ2v) is 7.92. The van der Waals surface area contributed by atoms with Gasteiger partial charge in [0.05, 0.1) is 29.1 Å². The van der Waals surface area contributed by atoms with E-state index in [-0.39, 0.29) is 12.1 Å². The molecule has 0 aliphatic carbocycles. The fourth-order valence-electron chi connectivity index (χ4n) is 2.92. The van der Waals surface area contributed by atoms with Crippen LogP contribution >= 0.6 is 22.7 Å². The molecule has 0 unspecified atom stereocenters. The average Bonchev–Trinajstić information content (AvgIpc) is 3.34. The number of hydrogen-bond donors (Lipinski definition) is 1. The normalized spacial score (nSPS) is 11.5. The molecule has 0 spiro atoms. The number of aromatic nitrogens is 1. The van der Waals surface area contributed by atoms with Crippen LogP contribution in [0.15, 0.2) is 40.4 Å². The summed E-state index contributed by atoms with van der Waals surface area (Å²) >= 11 is 3.00. The molecule has 9 heteroatoms. The number of alkyl halides is 3. The Balaban J connectivity index is 1.81. The van der Waals surface area contributed by atoms with E-state index in [0.29, 0.717) is 24.5 Å². The van der Waals surface area contributed by atoms with Gasteiger partial charge in [-0.05, 0) is 43.5 Å². The molecule has 0 saturated carbocycles. The Morgan fingerprint density at radius 3 is 2.55 bits per heavy atom. The minimum absolute atomic E-state index is 0.00538. The predicted molar refractivity (Wildman–Crippen MR) is 113 cm³/mol. The molecule has 2 heterocycles. The van der Waals surface area contributed by atoms with Crippen LogP contribution in [-0.4, -0.2) is 24.0 Å². The highest BCUT2D eigenvalue weighted by Gasteiger charge is 2.31. The fourth-order valence-corrected chi connectivity index (χ4v) is 4.45. The SMILES string of the molecule is CCN(CC)c1ccc(C(F)(F)F)cc1NC(=O)Cc1csc(-c2ccsc2)n1. The molecule has 1 aromatic carbocycles. The van der Waals surface area contributed by atoms with Gasteiger partial charge < -0.3 is 10.2 Å². The molecule has 3 rings (SSSR count). The molecule has 1 amide bonds.